The normalized spacial score (nSPS) is 10.7. The molecule has 0 bridgehead atoms. The van der Waals surface area contributed by atoms with Crippen LogP contribution in [0, 0.1) is 12.8 Å². The standard InChI is InChI=1S/C19H20ClN7O2S2.C2H2/c1-10(4-6-24-18(22)29)8-15-12(9-20)26-19(31-15)27-16(28)14-3-2-13(30-14)11-5-7-23-17(21)25-11;1-2/h2-3,5,7-8H,4,6,9H2,1H3,(H2,21,23,25)(H3,22,24,29)(H,26,27,28);1-2H/b10-8+;. The number of hydrogen-bond donors (Lipinski definition) is 4. The van der Waals surface area contributed by atoms with Crippen LogP contribution in [0.3, 0.4) is 0 Å². The molecule has 12 heteroatoms. The molecule has 0 atom stereocenters. The maximum Gasteiger partial charge on any atom is 0.312 e. The van der Waals surface area contributed by atoms with E-state index in [2.05, 4.69) is 38.4 Å². The average Bonchev–Trinajstić information content (AvgIpc) is 3.42. The zero-order valence-corrected chi connectivity index (χ0v) is 20.1. The summed E-state index contributed by atoms with van der Waals surface area (Å²) in [5.41, 5.74) is 13.0. The van der Waals surface area contributed by atoms with Gasteiger partial charge in [0.1, 0.15) is 0 Å². The number of carbonyl (C=O) groups excluding carboxylic acids is 2. The van der Waals surface area contributed by atoms with E-state index >= 15 is 0 Å². The van der Waals surface area contributed by atoms with Crippen LogP contribution in [0.4, 0.5) is 15.9 Å². The lowest BCUT2D eigenvalue weighted by Gasteiger charge is -2.02. The number of aromatic nitrogens is 3. The number of nitrogens with one attached hydrogen (secondary N) is 2. The van der Waals surface area contributed by atoms with Crippen molar-refractivity contribution in [3.63, 3.8) is 0 Å². The summed E-state index contributed by atoms with van der Waals surface area (Å²) in [6, 6.07) is 4.71. The number of thiazole rings is 1. The van der Waals surface area contributed by atoms with Gasteiger partial charge in [-0.2, -0.15) is 0 Å². The molecule has 3 heterocycles. The largest absolute Gasteiger partial charge is 0.368 e. The molecular weight excluding hydrogens is 482 g/mol. The lowest BCUT2D eigenvalue weighted by atomic mass is 10.2. The van der Waals surface area contributed by atoms with Crippen molar-refractivity contribution in [1.29, 1.82) is 0 Å². The second-order valence-electron chi connectivity index (χ2n) is 6.41. The van der Waals surface area contributed by atoms with Crippen LogP contribution < -0.4 is 22.1 Å². The summed E-state index contributed by atoms with van der Waals surface area (Å²) in [7, 11) is 0. The lowest BCUT2D eigenvalue weighted by molar-refractivity contribution is 0.103. The van der Waals surface area contributed by atoms with Crippen molar-refractivity contribution >= 4 is 63.4 Å². The Labute approximate surface area is 204 Å². The van der Waals surface area contributed by atoms with Crippen LogP contribution in [0.15, 0.2) is 30.0 Å². The molecule has 33 heavy (non-hydrogen) atoms. The van der Waals surface area contributed by atoms with Gasteiger partial charge in [-0.25, -0.2) is 19.7 Å². The highest BCUT2D eigenvalue weighted by Crippen LogP contribution is 2.30. The van der Waals surface area contributed by atoms with E-state index in [1.54, 1.807) is 18.3 Å². The van der Waals surface area contributed by atoms with Gasteiger partial charge in [0.25, 0.3) is 5.91 Å². The number of urea groups is 1. The molecule has 0 aliphatic carbocycles. The molecule has 3 amide bonds. The Hall–Kier alpha value is -3.46. The van der Waals surface area contributed by atoms with E-state index in [1.807, 2.05) is 19.1 Å². The number of anilines is 2. The highest BCUT2D eigenvalue weighted by atomic mass is 35.5. The molecule has 0 saturated carbocycles. The summed E-state index contributed by atoms with van der Waals surface area (Å²) < 4.78 is 0. The zero-order valence-electron chi connectivity index (χ0n) is 17.7. The lowest BCUT2D eigenvalue weighted by Crippen LogP contribution is -2.30. The summed E-state index contributed by atoms with van der Waals surface area (Å²) in [5, 5.41) is 5.82. The van der Waals surface area contributed by atoms with Gasteiger partial charge in [-0.1, -0.05) is 16.9 Å². The first kappa shape index (κ1) is 25.8. The molecule has 9 nitrogen and oxygen atoms in total. The molecule has 0 aliphatic heterocycles. The Morgan fingerprint density at radius 1 is 1.21 bits per heavy atom. The first-order valence-corrected chi connectivity index (χ1v) is 11.6. The fourth-order valence-corrected chi connectivity index (χ4v) is 4.73. The zero-order chi connectivity index (χ0) is 24.4. The summed E-state index contributed by atoms with van der Waals surface area (Å²) in [4.78, 5) is 38.1. The number of terminal acetylenes is 1. The molecule has 0 aromatic carbocycles. The first-order chi connectivity index (χ1) is 15.9. The van der Waals surface area contributed by atoms with Gasteiger partial charge in [0, 0.05) is 12.7 Å². The van der Waals surface area contributed by atoms with Crippen molar-refractivity contribution < 1.29 is 9.59 Å². The minimum atomic E-state index is -0.558. The molecule has 0 spiro atoms. The van der Waals surface area contributed by atoms with Crippen LogP contribution in [0.2, 0.25) is 0 Å². The summed E-state index contributed by atoms with van der Waals surface area (Å²) in [6.45, 7) is 2.38. The minimum Gasteiger partial charge on any atom is -0.368 e. The number of primary amides is 1. The summed E-state index contributed by atoms with van der Waals surface area (Å²) in [6.07, 6.45) is 12.1. The van der Waals surface area contributed by atoms with E-state index in [-0.39, 0.29) is 17.7 Å². The van der Waals surface area contributed by atoms with E-state index in [4.69, 9.17) is 23.1 Å². The number of nitrogen functional groups attached to an aromatic ring is 1. The van der Waals surface area contributed by atoms with Gasteiger partial charge in [0.15, 0.2) is 5.13 Å². The fourth-order valence-electron chi connectivity index (χ4n) is 2.57. The monoisotopic (exact) mass is 503 g/mol. The smallest absolute Gasteiger partial charge is 0.312 e. The predicted molar refractivity (Wildman–Crippen MR) is 135 cm³/mol. The van der Waals surface area contributed by atoms with E-state index in [0.29, 0.717) is 34.4 Å². The third-order valence-corrected chi connectivity index (χ3v) is 6.35. The van der Waals surface area contributed by atoms with Gasteiger partial charge in [-0.05, 0) is 37.6 Å². The quantitative estimate of drug-likeness (QED) is 0.270. The number of thiophene rings is 1. The molecule has 3 aromatic heterocycles. The number of alkyl halides is 1. The molecule has 0 radical (unpaired) electrons. The topological polar surface area (TPSA) is 149 Å². The van der Waals surface area contributed by atoms with Crippen molar-refractivity contribution in [2.45, 2.75) is 19.2 Å². The van der Waals surface area contributed by atoms with E-state index in [9.17, 15) is 9.59 Å². The summed E-state index contributed by atoms with van der Waals surface area (Å²) in [5.74, 6) is 0.115. The van der Waals surface area contributed by atoms with Crippen molar-refractivity contribution in [1.82, 2.24) is 20.3 Å². The molecule has 0 saturated heterocycles. The first-order valence-electron chi connectivity index (χ1n) is 9.45. The van der Waals surface area contributed by atoms with Gasteiger partial charge < -0.3 is 16.8 Å². The van der Waals surface area contributed by atoms with Gasteiger partial charge in [-0.15, -0.1) is 35.8 Å². The molecule has 172 valence electrons. The number of nitrogens with two attached hydrogens (primary N) is 2. The third kappa shape index (κ3) is 7.57. The van der Waals surface area contributed by atoms with Gasteiger partial charge in [-0.3, -0.25) is 10.1 Å². The van der Waals surface area contributed by atoms with E-state index in [0.717, 1.165) is 15.3 Å². The van der Waals surface area contributed by atoms with E-state index in [1.165, 1.54) is 22.7 Å². The number of amides is 3. The van der Waals surface area contributed by atoms with Crippen LogP contribution in [-0.4, -0.2) is 33.4 Å². The van der Waals surface area contributed by atoms with Gasteiger partial charge >= 0.3 is 6.03 Å². The van der Waals surface area contributed by atoms with Crippen molar-refractivity contribution in [2.75, 3.05) is 17.6 Å². The number of halogens is 1. The molecule has 6 N–H and O–H groups in total. The minimum absolute atomic E-state index is 0.176. The molecule has 0 fully saturated rings. The third-order valence-electron chi connectivity index (χ3n) is 4.03. The summed E-state index contributed by atoms with van der Waals surface area (Å²) >= 11 is 8.65. The van der Waals surface area contributed by atoms with Crippen LogP contribution in [0.25, 0.3) is 16.6 Å². The van der Waals surface area contributed by atoms with Crippen LogP contribution >= 0.6 is 34.3 Å². The highest BCUT2D eigenvalue weighted by molar-refractivity contribution is 7.18. The second-order valence-corrected chi connectivity index (χ2v) is 8.80. The number of rotatable bonds is 8. The molecule has 0 aliphatic rings. The Bertz CT molecular complexity index is 1170. The Balaban J connectivity index is 0.00000187. The number of hydrogen-bond acceptors (Lipinski definition) is 8. The highest BCUT2D eigenvalue weighted by Gasteiger charge is 2.15. The number of carbonyl (C=O) groups is 2. The van der Waals surface area contributed by atoms with Crippen molar-refractivity contribution in [3.8, 4) is 23.4 Å². The maximum atomic E-state index is 12.7. The molecular formula is C21H22ClN7O2S2. The van der Waals surface area contributed by atoms with Crippen molar-refractivity contribution in [2.24, 2.45) is 5.73 Å². The maximum absolute atomic E-state index is 12.7. The predicted octanol–water partition coefficient (Wildman–Crippen LogP) is 3.95. The Morgan fingerprint density at radius 2 is 1.97 bits per heavy atom. The van der Waals surface area contributed by atoms with Crippen molar-refractivity contribution in [3.05, 3.63) is 45.4 Å². The number of nitrogens with zero attached hydrogens (tertiary/aromatic N) is 3. The second kappa shape index (κ2) is 12.5. The average molecular weight is 504 g/mol. The molecule has 0 unspecified atom stereocenters. The Kier molecular flexibility index (Phi) is 9.81. The van der Waals surface area contributed by atoms with Crippen LogP contribution in [0.1, 0.15) is 33.6 Å². The molecule has 3 rings (SSSR count). The Morgan fingerprint density at radius 3 is 2.64 bits per heavy atom. The van der Waals surface area contributed by atoms with Crippen LogP contribution in [0.5, 0.6) is 0 Å². The SMILES string of the molecule is C#C.C/C(=C\c1sc(NC(=O)c2ccc(-c3ccnc(N)n3)s2)nc1CCl)CCNC(N)=O. The van der Waals surface area contributed by atoms with E-state index < -0.39 is 6.03 Å². The van der Waals surface area contributed by atoms with Crippen LogP contribution in [-0.2, 0) is 5.88 Å². The van der Waals surface area contributed by atoms with Gasteiger partial charge in [0.2, 0.25) is 5.95 Å². The fraction of sp³-hybridized carbons (Fsp3) is 0.190. The molecule has 3 aromatic rings. The van der Waals surface area contributed by atoms with Gasteiger partial charge in [0.05, 0.1) is 31.9 Å².